The number of aromatic nitrogens is 5. The molecular weight excluding hydrogens is 348 g/mol. The summed E-state index contributed by atoms with van der Waals surface area (Å²) in [5, 5.41) is 12.5. The van der Waals surface area contributed by atoms with Gasteiger partial charge in [0, 0.05) is 31.3 Å². The summed E-state index contributed by atoms with van der Waals surface area (Å²) >= 11 is 0. The van der Waals surface area contributed by atoms with Crippen molar-refractivity contribution >= 4 is 0 Å². The zero-order valence-electron chi connectivity index (χ0n) is 15.8. The van der Waals surface area contributed by atoms with Crippen LogP contribution in [0.25, 0.3) is 11.7 Å². The standard InChI is InChI=1S/C18H22N6O3/c1-11-16-20-21-17(18-19-12(2)22-27-18)24(16)8-7-23(11)10-13-5-6-14(25-3)9-15(13)26-4/h5-6,9,11H,7-8,10H2,1-4H3/t11-/m1/s1. The summed E-state index contributed by atoms with van der Waals surface area (Å²) < 4.78 is 18.1. The molecule has 1 aromatic carbocycles. The van der Waals surface area contributed by atoms with Crippen LogP contribution >= 0.6 is 0 Å². The lowest BCUT2D eigenvalue weighted by molar-refractivity contribution is 0.155. The van der Waals surface area contributed by atoms with Crippen LogP contribution in [0.2, 0.25) is 0 Å². The topological polar surface area (TPSA) is 91.3 Å². The van der Waals surface area contributed by atoms with E-state index in [9.17, 15) is 0 Å². The van der Waals surface area contributed by atoms with Gasteiger partial charge in [-0.05, 0) is 19.9 Å². The molecule has 0 spiro atoms. The molecule has 1 atom stereocenters. The van der Waals surface area contributed by atoms with E-state index in [0.29, 0.717) is 17.5 Å². The minimum atomic E-state index is 0.0934. The monoisotopic (exact) mass is 370 g/mol. The molecule has 0 bridgehead atoms. The van der Waals surface area contributed by atoms with Crippen molar-refractivity contribution in [3.63, 3.8) is 0 Å². The Balaban J connectivity index is 1.58. The van der Waals surface area contributed by atoms with Crippen LogP contribution in [-0.4, -0.2) is 50.6 Å². The van der Waals surface area contributed by atoms with E-state index in [0.717, 1.165) is 42.5 Å². The number of fused-ring (bicyclic) bond motifs is 1. The second kappa shape index (κ2) is 6.99. The number of benzene rings is 1. The van der Waals surface area contributed by atoms with E-state index >= 15 is 0 Å². The largest absolute Gasteiger partial charge is 0.497 e. The Morgan fingerprint density at radius 3 is 2.74 bits per heavy atom. The number of rotatable bonds is 5. The fourth-order valence-electron chi connectivity index (χ4n) is 3.39. The van der Waals surface area contributed by atoms with Gasteiger partial charge in [-0.15, -0.1) is 10.2 Å². The number of nitrogens with zero attached hydrogens (tertiary/aromatic N) is 6. The van der Waals surface area contributed by atoms with Gasteiger partial charge in [0.25, 0.3) is 5.89 Å². The van der Waals surface area contributed by atoms with Crippen molar-refractivity contribution in [1.29, 1.82) is 0 Å². The molecule has 9 nitrogen and oxygen atoms in total. The lowest BCUT2D eigenvalue weighted by atomic mass is 10.1. The van der Waals surface area contributed by atoms with E-state index in [2.05, 4.69) is 36.7 Å². The summed E-state index contributed by atoms with van der Waals surface area (Å²) in [6.45, 7) is 6.26. The lowest BCUT2D eigenvalue weighted by Crippen LogP contribution is -2.36. The molecule has 0 fully saturated rings. The molecule has 0 amide bonds. The van der Waals surface area contributed by atoms with E-state index < -0.39 is 0 Å². The smallest absolute Gasteiger partial charge is 0.295 e. The average molecular weight is 370 g/mol. The van der Waals surface area contributed by atoms with Gasteiger partial charge in [0.1, 0.15) is 11.5 Å². The van der Waals surface area contributed by atoms with Gasteiger partial charge in [-0.2, -0.15) is 4.98 Å². The van der Waals surface area contributed by atoms with Crippen molar-refractivity contribution in [3.05, 3.63) is 35.4 Å². The fourth-order valence-corrected chi connectivity index (χ4v) is 3.39. The fraction of sp³-hybridized carbons (Fsp3) is 0.444. The van der Waals surface area contributed by atoms with Crippen molar-refractivity contribution in [2.75, 3.05) is 20.8 Å². The molecule has 0 saturated heterocycles. The minimum Gasteiger partial charge on any atom is -0.497 e. The number of hydrogen-bond donors (Lipinski definition) is 0. The van der Waals surface area contributed by atoms with E-state index in [1.165, 1.54) is 0 Å². The molecule has 27 heavy (non-hydrogen) atoms. The van der Waals surface area contributed by atoms with Gasteiger partial charge >= 0.3 is 0 Å². The maximum absolute atomic E-state index is 5.53. The van der Waals surface area contributed by atoms with Crippen LogP contribution in [0.4, 0.5) is 0 Å². The van der Waals surface area contributed by atoms with Crippen molar-refractivity contribution in [3.8, 4) is 23.2 Å². The molecule has 4 rings (SSSR count). The molecule has 1 aliphatic heterocycles. The van der Waals surface area contributed by atoms with Crippen LogP contribution in [0, 0.1) is 6.92 Å². The molecule has 0 N–H and O–H groups in total. The van der Waals surface area contributed by atoms with Crippen molar-refractivity contribution in [2.45, 2.75) is 33.0 Å². The summed E-state index contributed by atoms with van der Waals surface area (Å²) in [5.41, 5.74) is 1.10. The second-order valence-electron chi connectivity index (χ2n) is 6.50. The SMILES string of the molecule is COc1ccc(CN2CCn3c(-c4nc(C)no4)nnc3[C@H]2C)c(OC)c1. The molecule has 0 radical (unpaired) electrons. The third-order valence-electron chi connectivity index (χ3n) is 4.90. The Morgan fingerprint density at radius 1 is 1.19 bits per heavy atom. The van der Waals surface area contributed by atoms with Crippen molar-refractivity contribution < 1.29 is 14.0 Å². The predicted molar refractivity (Wildman–Crippen MR) is 96.4 cm³/mol. The Bertz CT molecular complexity index is 950. The van der Waals surface area contributed by atoms with Gasteiger partial charge in [0.15, 0.2) is 11.6 Å². The molecule has 3 heterocycles. The highest BCUT2D eigenvalue weighted by molar-refractivity contribution is 5.42. The minimum absolute atomic E-state index is 0.0934. The van der Waals surface area contributed by atoms with Crippen LogP contribution in [0.15, 0.2) is 22.7 Å². The zero-order chi connectivity index (χ0) is 19.0. The van der Waals surface area contributed by atoms with Gasteiger partial charge in [-0.1, -0.05) is 11.2 Å². The van der Waals surface area contributed by atoms with Gasteiger partial charge in [0.2, 0.25) is 5.82 Å². The summed E-state index contributed by atoms with van der Waals surface area (Å²) in [7, 11) is 3.32. The van der Waals surface area contributed by atoms with E-state index in [1.54, 1.807) is 21.1 Å². The first-order chi connectivity index (χ1) is 13.1. The zero-order valence-corrected chi connectivity index (χ0v) is 15.8. The molecule has 2 aromatic heterocycles. The highest BCUT2D eigenvalue weighted by Gasteiger charge is 2.30. The first-order valence-electron chi connectivity index (χ1n) is 8.79. The van der Waals surface area contributed by atoms with Crippen LogP contribution in [0.3, 0.4) is 0 Å². The number of methoxy groups -OCH3 is 2. The summed E-state index contributed by atoms with van der Waals surface area (Å²) in [6.07, 6.45) is 0. The van der Waals surface area contributed by atoms with Gasteiger partial charge in [0.05, 0.1) is 20.3 Å². The average Bonchev–Trinajstić information content (AvgIpc) is 3.30. The van der Waals surface area contributed by atoms with Crippen LogP contribution in [0.1, 0.15) is 30.2 Å². The maximum Gasteiger partial charge on any atom is 0.295 e. The predicted octanol–water partition coefficient (Wildman–Crippen LogP) is 2.23. The van der Waals surface area contributed by atoms with Crippen LogP contribution in [-0.2, 0) is 13.1 Å². The summed E-state index contributed by atoms with van der Waals surface area (Å²) in [6, 6.07) is 5.99. The molecule has 1 aliphatic rings. The highest BCUT2D eigenvalue weighted by atomic mass is 16.5. The third-order valence-corrected chi connectivity index (χ3v) is 4.90. The Hall–Kier alpha value is -2.94. The molecule has 3 aromatic rings. The van der Waals surface area contributed by atoms with Crippen LogP contribution < -0.4 is 9.47 Å². The Labute approximate surface area is 156 Å². The van der Waals surface area contributed by atoms with Crippen LogP contribution in [0.5, 0.6) is 11.5 Å². The van der Waals surface area contributed by atoms with Gasteiger partial charge < -0.3 is 18.6 Å². The normalized spacial score (nSPS) is 17.0. The third kappa shape index (κ3) is 3.14. The number of aryl methyl sites for hydroxylation is 1. The van der Waals surface area contributed by atoms with E-state index in [-0.39, 0.29) is 6.04 Å². The van der Waals surface area contributed by atoms with Crippen molar-refractivity contribution in [1.82, 2.24) is 29.8 Å². The van der Waals surface area contributed by atoms with E-state index in [1.807, 2.05) is 18.2 Å². The first kappa shape index (κ1) is 17.5. The first-order valence-corrected chi connectivity index (χ1v) is 8.79. The summed E-state index contributed by atoms with van der Waals surface area (Å²) in [4.78, 5) is 6.61. The molecule has 0 unspecified atom stereocenters. The van der Waals surface area contributed by atoms with Crippen molar-refractivity contribution in [2.24, 2.45) is 0 Å². The quantitative estimate of drug-likeness (QED) is 0.675. The van der Waals surface area contributed by atoms with Gasteiger partial charge in [-0.3, -0.25) is 4.90 Å². The molecule has 142 valence electrons. The maximum atomic E-state index is 5.53. The molecular formula is C18H22N6O3. The second-order valence-corrected chi connectivity index (χ2v) is 6.50. The molecule has 0 aliphatic carbocycles. The van der Waals surface area contributed by atoms with Gasteiger partial charge in [-0.25, -0.2) is 0 Å². The molecule has 0 saturated carbocycles. The lowest BCUT2D eigenvalue weighted by Gasteiger charge is -2.33. The summed E-state index contributed by atoms with van der Waals surface area (Å²) in [5.74, 6) is 4.10. The van der Waals surface area contributed by atoms with E-state index in [4.69, 9.17) is 14.0 Å². The Morgan fingerprint density at radius 2 is 2.04 bits per heavy atom. The molecule has 9 heteroatoms. The highest BCUT2D eigenvalue weighted by Crippen LogP contribution is 2.32. The Kier molecular flexibility index (Phi) is 4.53. The number of ether oxygens (including phenoxy) is 2. The number of hydrogen-bond acceptors (Lipinski definition) is 8.